The van der Waals surface area contributed by atoms with Gasteiger partial charge in [-0.2, -0.15) is 0 Å². The summed E-state index contributed by atoms with van der Waals surface area (Å²) in [4.78, 5) is 2.43. The van der Waals surface area contributed by atoms with Gasteiger partial charge in [0.25, 0.3) is 0 Å². The lowest BCUT2D eigenvalue weighted by Crippen LogP contribution is -2.18. The first kappa shape index (κ1) is 21.3. The average molecular weight is 430 g/mol. The molecule has 0 amide bonds. The Labute approximate surface area is 198 Å². The summed E-state index contributed by atoms with van der Waals surface area (Å²) >= 11 is 0. The first-order valence-electron chi connectivity index (χ1n) is 12.0. The first-order chi connectivity index (χ1) is 16.2. The van der Waals surface area contributed by atoms with Gasteiger partial charge in [0.2, 0.25) is 0 Å². The number of para-hydroxylation sites is 1. The topological polar surface area (TPSA) is 3.24 Å². The predicted octanol–water partition coefficient (Wildman–Crippen LogP) is 8.80. The zero-order valence-electron chi connectivity index (χ0n) is 19.5. The molecule has 0 fully saturated rings. The number of hydrogen-bond donors (Lipinski definition) is 0. The van der Waals surface area contributed by atoms with Crippen LogP contribution < -0.4 is 4.90 Å². The molecule has 33 heavy (non-hydrogen) atoms. The molecule has 1 nitrogen and oxygen atoms in total. The standard InChI is InChI=1S/C32H31N/c1-24-13-15-26(16-14-24)27-17-19-28(20-18-27)29-21-22-32(25(2)23-29)33(30-9-5-3-6-10-30)31-11-7-4-8-12-31/h3-7,9-11,13-19,21-23,28H,8,12,20H2,1-2H3. The molecule has 3 aromatic carbocycles. The first-order valence-corrected chi connectivity index (χ1v) is 12.0. The van der Waals surface area contributed by atoms with Crippen molar-refractivity contribution in [2.45, 2.75) is 39.0 Å². The second-order valence-electron chi connectivity index (χ2n) is 9.07. The molecule has 5 rings (SSSR count). The third-order valence-electron chi connectivity index (χ3n) is 6.67. The van der Waals surface area contributed by atoms with E-state index in [1.165, 1.54) is 44.9 Å². The summed E-state index contributed by atoms with van der Waals surface area (Å²) in [6.07, 6.45) is 16.9. The molecule has 0 saturated carbocycles. The molecule has 164 valence electrons. The maximum atomic E-state index is 2.43. The van der Waals surface area contributed by atoms with Crippen LogP contribution in [0, 0.1) is 13.8 Å². The van der Waals surface area contributed by atoms with E-state index >= 15 is 0 Å². The van der Waals surface area contributed by atoms with Crippen LogP contribution in [0.1, 0.15) is 47.4 Å². The lowest BCUT2D eigenvalue weighted by Gasteiger charge is -2.30. The van der Waals surface area contributed by atoms with Gasteiger partial charge in [-0.1, -0.05) is 90.5 Å². The summed E-state index contributed by atoms with van der Waals surface area (Å²) in [6, 6.07) is 26.6. The quantitative estimate of drug-likeness (QED) is 0.392. The summed E-state index contributed by atoms with van der Waals surface area (Å²) in [6.45, 7) is 4.38. The number of allylic oxidation sites excluding steroid dienone is 8. The highest BCUT2D eigenvalue weighted by atomic mass is 15.1. The van der Waals surface area contributed by atoms with Crippen LogP contribution in [0.4, 0.5) is 11.4 Å². The molecule has 0 bridgehead atoms. The van der Waals surface area contributed by atoms with Crippen LogP contribution in [0.15, 0.2) is 115 Å². The van der Waals surface area contributed by atoms with Crippen LogP contribution in [0.25, 0.3) is 5.57 Å². The van der Waals surface area contributed by atoms with E-state index in [0.717, 1.165) is 19.3 Å². The molecule has 0 spiro atoms. The van der Waals surface area contributed by atoms with Gasteiger partial charge in [-0.25, -0.2) is 0 Å². The Morgan fingerprint density at radius 1 is 0.879 bits per heavy atom. The van der Waals surface area contributed by atoms with E-state index in [2.05, 4.69) is 128 Å². The number of nitrogens with zero attached hydrogens (tertiary/aromatic N) is 1. The molecule has 0 aromatic heterocycles. The normalized spacial score (nSPS) is 17.5. The van der Waals surface area contributed by atoms with Crippen molar-refractivity contribution < 1.29 is 0 Å². The zero-order chi connectivity index (χ0) is 22.6. The average Bonchev–Trinajstić information content (AvgIpc) is 2.87. The SMILES string of the molecule is Cc1ccc(C2=CCC(c3ccc(N(C4=CC=CCC4)c4ccccc4)c(C)c3)C=C2)cc1. The maximum absolute atomic E-state index is 2.43. The van der Waals surface area contributed by atoms with E-state index < -0.39 is 0 Å². The summed E-state index contributed by atoms with van der Waals surface area (Å²) in [5.74, 6) is 0.425. The molecular formula is C32H31N. The summed E-state index contributed by atoms with van der Waals surface area (Å²) < 4.78 is 0. The van der Waals surface area contributed by atoms with Gasteiger partial charge in [-0.15, -0.1) is 0 Å². The van der Waals surface area contributed by atoms with Crippen LogP contribution in [0.2, 0.25) is 0 Å². The Bertz CT molecular complexity index is 1240. The lowest BCUT2D eigenvalue weighted by atomic mass is 9.87. The molecule has 1 unspecified atom stereocenters. The van der Waals surface area contributed by atoms with Crippen molar-refractivity contribution in [1.82, 2.24) is 0 Å². The van der Waals surface area contributed by atoms with Gasteiger partial charge in [-0.05, 0) is 79.6 Å². The summed E-state index contributed by atoms with van der Waals surface area (Å²) in [7, 11) is 0. The smallest absolute Gasteiger partial charge is 0.0487 e. The van der Waals surface area contributed by atoms with Crippen LogP contribution in [0.5, 0.6) is 0 Å². The molecule has 1 atom stereocenters. The minimum absolute atomic E-state index is 0.425. The molecule has 1 heteroatoms. The largest absolute Gasteiger partial charge is 0.314 e. The summed E-state index contributed by atoms with van der Waals surface area (Å²) in [5, 5.41) is 0. The Hall–Kier alpha value is -3.58. The van der Waals surface area contributed by atoms with Gasteiger partial charge < -0.3 is 4.90 Å². The number of aryl methyl sites for hydroxylation is 2. The van der Waals surface area contributed by atoms with E-state index in [1.807, 2.05) is 0 Å². The Morgan fingerprint density at radius 3 is 2.36 bits per heavy atom. The second-order valence-corrected chi connectivity index (χ2v) is 9.07. The highest BCUT2D eigenvalue weighted by molar-refractivity contribution is 5.76. The van der Waals surface area contributed by atoms with Crippen molar-refractivity contribution in [3.63, 3.8) is 0 Å². The van der Waals surface area contributed by atoms with Crippen LogP contribution in [0.3, 0.4) is 0 Å². The second kappa shape index (κ2) is 9.50. The highest BCUT2D eigenvalue weighted by Crippen LogP contribution is 2.38. The Kier molecular flexibility index (Phi) is 6.13. The molecule has 0 saturated heterocycles. The highest BCUT2D eigenvalue weighted by Gasteiger charge is 2.19. The van der Waals surface area contributed by atoms with E-state index in [9.17, 15) is 0 Å². The van der Waals surface area contributed by atoms with Crippen molar-refractivity contribution >= 4 is 16.9 Å². The van der Waals surface area contributed by atoms with Gasteiger partial charge in [0.1, 0.15) is 0 Å². The minimum Gasteiger partial charge on any atom is -0.314 e. The molecule has 0 heterocycles. The van der Waals surface area contributed by atoms with Crippen LogP contribution in [-0.2, 0) is 0 Å². The molecule has 2 aliphatic carbocycles. The van der Waals surface area contributed by atoms with Crippen molar-refractivity contribution in [2.75, 3.05) is 4.90 Å². The van der Waals surface area contributed by atoms with Gasteiger partial charge >= 0.3 is 0 Å². The van der Waals surface area contributed by atoms with E-state index in [1.54, 1.807) is 0 Å². The van der Waals surface area contributed by atoms with Crippen molar-refractivity contribution in [3.05, 3.63) is 137 Å². The van der Waals surface area contributed by atoms with Crippen LogP contribution >= 0.6 is 0 Å². The molecule has 0 radical (unpaired) electrons. The zero-order valence-corrected chi connectivity index (χ0v) is 19.5. The number of benzene rings is 3. The van der Waals surface area contributed by atoms with Crippen LogP contribution in [-0.4, -0.2) is 0 Å². The van der Waals surface area contributed by atoms with E-state index in [0.29, 0.717) is 5.92 Å². The number of rotatable bonds is 5. The van der Waals surface area contributed by atoms with Crippen molar-refractivity contribution in [1.29, 1.82) is 0 Å². The monoisotopic (exact) mass is 429 g/mol. The molecule has 2 aliphatic rings. The van der Waals surface area contributed by atoms with Gasteiger partial charge in [0.05, 0.1) is 0 Å². The Morgan fingerprint density at radius 2 is 1.70 bits per heavy atom. The molecule has 0 N–H and O–H groups in total. The molecular weight excluding hydrogens is 398 g/mol. The fourth-order valence-corrected chi connectivity index (χ4v) is 4.80. The molecule has 0 aliphatic heterocycles. The Balaban J connectivity index is 1.41. The van der Waals surface area contributed by atoms with Crippen molar-refractivity contribution in [2.24, 2.45) is 0 Å². The van der Waals surface area contributed by atoms with Gasteiger partial charge in [-0.3, -0.25) is 0 Å². The van der Waals surface area contributed by atoms with E-state index in [-0.39, 0.29) is 0 Å². The number of anilines is 2. The number of hydrogen-bond acceptors (Lipinski definition) is 1. The fraction of sp³-hybridized carbons (Fsp3) is 0.188. The summed E-state index contributed by atoms with van der Waals surface area (Å²) in [5.41, 5.74) is 10.5. The third kappa shape index (κ3) is 4.64. The molecule has 3 aromatic rings. The lowest BCUT2D eigenvalue weighted by molar-refractivity contribution is 0.853. The fourth-order valence-electron chi connectivity index (χ4n) is 4.80. The van der Waals surface area contributed by atoms with Crippen molar-refractivity contribution in [3.8, 4) is 0 Å². The minimum atomic E-state index is 0.425. The predicted molar refractivity (Wildman–Crippen MR) is 142 cm³/mol. The van der Waals surface area contributed by atoms with Gasteiger partial charge in [0, 0.05) is 23.0 Å². The van der Waals surface area contributed by atoms with Gasteiger partial charge in [0.15, 0.2) is 0 Å². The third-order valence-corrected chi connectivity index (χ3v) is 6.67. The maximum Gasteiger partial charge on any atom is 0.0487 e. The van der Waals surface area contributed by atoms with E-state index in [4.69, 9.17) is 0 Å².